The maximum absolute atomic E-state index is 13.7. The molecule has 6 rings (SSSR count). The third-order valence-electron chi connectivity index (χ3n) is 10.0. The van der Waals surface area contributed by atoms with E-state index in [9.17, 15) is 19.8 Å². The van der Waals surface area contributed by atoms with Gasteiger partial charge in [0.1, 0.15) is 5.60 Å². The van der Waals surface area contributed by atoms with Crippen molar-refractivity contribution >= 4 is 28.7 Å². The Kier molecular flexibility index (Phi) is 4.78. The predicted octanol–water partition coefficient (Wildman–Crippen LogP) is 3.52. The Balaban J connectivity index is 1.32. The number of hydrogen-bond acceptors (Lipinski definition) is 5. The number of allylic oxidation sites excluding steroid dienone is 4. The third kappa shape index (κ3) is 2.94. The van der Waals surface area contributed by atoms with Gasteiger partial charge in [0.25, 0.3) is 5.91 Å². The number of carbonyl (C=O) groups is 2. The highest BCUT2D eigenvalue weighted by atomic mass is 16.3. The number of para-hydroxylation sites is 2. The van der Waals surface area contributed by atoms with E-state index < -0.39 is 23.0 Å². The molecule has 3 N–H and O–H groups in total. The molecule has 1 aromatic carbocycles. The van der Waals surface area contributed by atoms with Crippen LogP contribution in [0.15, 0.2) is 48.1 Å². The number of rotatable bonds is 2. The highest BCUT2D eigenvalue weighted by molar-refractivity contribution is 6.01. The van der Waals surface area contributed by atoms with Gasteiger partial charge in [-0.25, -0.2) is 4.98 Å². The number of imidazole rings is 1. The lowest BCUT2D eigenvalue weighted by atomic mass is 9.46. The number of anilines is 1. The molecule has 0 aliphatic heterocycles. The molecule has 7 nitrogen and oxygen atoms in total. The molecule has 7 heteroatoms. The first-order valence-electron chi connectivity index (χ1n) is 12.7. The number of aliphatic hydroxyl groups is 2. The van der Waals surface area contributed by atoms with E-state index in [0.29, 0.717) is 18.8 Å². The van der Waals surface area contributed by atoms with Crippen LogP contribution in [0.5, 0.6) is 0 Å². The highest BCUT2D eigenvalue weighted by Crippen LogP contribution is 2.67. The molecular weight excluding hydrogens is 442 g/mol. The maximum atomic E-state index is 13.7. The van der Waals surface area contributed by atoms with Gasteiger partial charge in [-0.05, 0) is 68.2 Å². The van der Waals surface area contributed by atoms with E-state index in [1.807, 2.05) is 48.9 Å². The van der Waals surface area contributed by atoms with Gasteiger partial charge < -0.3 is 14.8 Å². The third-order valence-corrected chi connectivity index (χ3v) is 10.0. The maximum Gasteiger partial charge on any atom is 0.259 e. The summed E-state index contributed by atoms with van der Waals surface area (Å²) in [5, 5.41) is 26.4. The first kappa shape index (κ1) is 22.7. The number of hydrogen-bond donors (Lipinski definition) is 3. The van der Waals surface area contributed by atoms with Crippen LogP contribution in [-0.2, 0) is 16.6 Å². The van der Waals surface area contributed by atoms with E-state index >= 15 is 0 Å². The summed E-state index contributed by atoms with van der Waals surface area (Å²) < 4.78 is 1.82. The number of nitrogens with one attached hydrogen (secondary N) is 1. The normalized spacial score (nSPS) is 40.1. The van der Waals surface area contributed by atoms with E-state index in [-0.39, 0.29) is 29.0 Å². The van der Waals surface area contributed by atoms with E-state index in [1.165, 1.54) is 0 Å². The molecule has 0 bridgehead atoms. The summed E-state index contributed by atoms with van der Waals surface area (Å²) in [5.74, 6) is 0.216. The number of benzene rings is 1. The van der Waals surface area contributed by atoms with Gasteiger partial charge in [0.15, 0.2) is 5.78 Å². The number of ketones is 1. The lowest BCUT2D eigenvalue weighted by Gasteiger charge is -2.59. The van der Waals surface area contributed by atoms with Gasteiger partial charge in [-0.2, -0.15) is 0 Å². The quantitative estimate of drug-likeness (QED) is 0.617. The molecule has 1 amide bonds. The second-order valence-electron chi connectivity index (χ2n) is 11.5. The fourth-order valence-electron chi connectivity index (χ4n) is 8.17. The second-order valence-corrected chi connectivity index (χ2v) is 11.5. The van der Waals surface area contributed by atoms with E-state index in [2.05, 4.69) is 17.2 Å². The Morgan fingerprint density at radius 2 is 2.00 bits per heavy atom. The van der Waals surface area contributed by atoms with Gasteiger partial charge in [-0.3, -0.25) is 14.9 Å². The van der Waals surface area contributed by atoms with Crippen LogP contribution in [0.25, 0.3) is 11.0 Å². The van der Waals surface area contributed by atoms with Gasteiger partial charge in [0.2, 0.25) is 5.95 Å². The van der Waals surface area contributed by atoms with Crippen molar-refractivity contribution in [2.24, 2.45) is 35.6 Å². The van der Waals surface area contributed by atoms with Crippen LogP contribution in [-0.4, -0.2) is 43.2 Å². The smallest absolute Gasteiger partial charge is 0.259 e. The molecule has 184 valence electrons. The highest BCUT2D eigenvalue weighted by Gasteiger charge is 2.68. The van der Waals surface area contributed by atoms with Crippen molar-refractivity contribution in [3.63, 3.8) is 0 Å². The number of nitrogens with zero attached hydrogens (tertiary/aromatic N) is 2. The minimum absolute atomic E-state index is 0.0138. The van der Waals surface area contributed by atoms with Crippen molar-refractivity contribution in [2.75, 3.05) is 5.32 Å². The molecule has 0 saturated heterocycles. The summed E-state index contributed by atoms with van der Waals surface area (Å²) in [7, 11) is 1.85. The van der Waals surface area contributed by atoms with E-state index in [4.69, 9.17) is 0 Å². The van der Waals surface area contributed by atoms with Crippen molar-refractivity contribution in [1.29, 1.82) is 0 Å². The molecule has 35 heavy (non-hydrogen) atoms. The van der Waals surface area contributed by atoms with Crippen LogP contribution in [0, 0.1) is 28.6 Å². The number of fused-ring (bicyclic) bond motifs is 6. The fraction of sp³-hybridized carbons (Fsp3) is 0.536. The van der Waals surface area contributed by atoms with Crippen LogP contribution >= 0.6 is 0 Å². The van der Waals surface area contributed by atoms with Crippen molar-refractivity contribution in [3.8, 4) is 0 Å². The summed E-state index contributed by atoms with van der Waals surface area (Å²) in [5.41, 5.74) is 0.0575. The molecule has 5 unspecified atom stereocenters. The Morgan fingerprint density at radius 3 is 2.77 bits per heavy atom. The summed E-state index contributed by atoms with van der Waals surface area (Å²) in [6, 6.07) is 7.66. The molecule has 3 fully saturated rings. The van der Waals surface area contributed by atoms with Gasteiger partial charge in [-0.1, -0.05) is 37.6 Å². The zero-order valence-electron chi connectivity index (χ0n) is 20.5. The summed E-state index contributed by atoms with van der Waals surface area (Å²) in [6.45, 7) is 4.11. The molecule has 1 heterocycles. The molecule has 0 radical (unpaired) electrons. The predicted molar refractivity (Wildman–Crippen MR) is 132 cm³/mol. The first-order chi connectivity index (χ1) is 16.6. The fourth-order valence-corrected chi connectivity index (χ4v) is 8.17. The number of amides is 1. The first-order valence-corrected chi connectivity index (χ1v) is 12.7. The Bertz CT molecular complexity index is 1310. The topological polar surface area (TPSA) is 104 Å². The second kappa shape index (κ2) is 7.37. The van der Waals surface area contributed by atoms with E-state index in [0.717, 1.165) is 35.9 Å². The van der Waals surface area contributed by atoms with E-state index in [1.54, 1.807) is 12.2 Å². The number of aryl methyl sites for hydroxylation is 1. The molecule has 3 saturated carbocycles. The number of aromatic nitrogens is 2. The molecule has 4 aliphatic rings. The molecular formula is C28H33N3O4. The molecule has 7 atom stereocenters. The summed E-state index contributed by atoms with van der Waals surface area (Å²) >= 11 is 0. The standard InChI is InChI=1S/C28H33N3O4/c1-26-12-10-17(32)14-16(26)8-9-18-19-11-13-28(35,27(19,2)15-22(33)23(18)26)24(34)30-25-29-20-6-4-5-7-21(20)31(25)3/h4-7,10,12,14,18-19,22-23,33,35H,8-9,11,13,15H2,1-3H3,(H,29,30,34)/t18?,19?,22-,23?,26?,27?,28-/m0/s1. The number of aliphatic hydroxyl groups excluding tert-OH is 1. The minimum atomic E-state index is -1.60. The van der Waals surface area contributed by atoms with Crippen LogP contribution in [0.3, 0.4) is 0 Å². The number of carbonyl (C=O) groups excluding carboxylic acids is 2. The van der Waals surface area contributed by atoms with Crippen molar-refractivity contribution in [2.45, 2.75) is 57.7 Å². The van der Waals surface area contributed by atoms with Crippen LogP contribution in [0.1, 0.15) is 46.0 Å². The minimum Gasteiger partial charge on any atom is -0.393 e. The van der Waals surface area contributed by atoms with Crippen LogP contribution in [0.4, 0.5) is 5.95 Å². The van der Waals surface area contributed by atoms with Crippen molar-refractivity contribution < 1.29 is 19.8 Å². The lowest BCUT2D eigenvalue weighted by Crippen LogP contribution is -2.62. The zero-order chi connectivity index (χ0) is 24.8. The average Bonchev–Trinajstić information content (AvgIpc) is 3.28. The zero-order valence-corrected chi connectivity index (χ0v) is 20.5. The Morgan fingerprint density at radius 1 is 1.23 bits per heavy atom. The largest absolute Gasteiger partial charge is 0.393 e. The lowest BCUT2D eigenvalue weighted by molar-refractivity contribution is -0.174. The monoisotopic (exact) mass is 475 g/mol. The van der Waals surface area contributed by atoms with Gasteiger partial charge in [0.05, 0.1) is 17.1 Å². The van der Waals surface area contributed by atoms with Crippen molar-refractivity contribution in [1.82, 2.24) is 9.55 Å². The van der Waals surface area contributed by atoms with Crippen LogP contribution < -0.4 is 5.32 Å². The van der Waals surface area contributed by atoms with Crippen LogP contribution in [0.2, 0.25) is 0 Å². The average molecular weight is 476 g/mol. The molecule has 0 spiro atoms. The van der Waals surface area contributed by atoms with Gasteiger partial charge in [0, 0.05) is 23.8 Å². The van der Waals surface area contributed by atoms with Crippen molar-refractivity contribution in [3.05, 3.63) is 48.1 Å². The SMILES string of the molecule is Cn1c(NC(=O)[C@@]2(O)CCC3C4CCC5=CC(=O)C=CC5(C)C4[C@@H](O)CC32C)nc2ccccc21. The molecule has 2 aromatic rings. The summed E-state index contributed by atoms with van der Waals surface area (Å²) in [6.07, 6.45) is 7.75. The summed E-state index contributed by atoms with van der Waals surface area (Å²) in [4.78, 5) is 30.2. The Labute approximate surface area is 204 Å². The molecule has 1 aromatic heterocycles. The Hall–Kier alpha value is -2.77. The molecule has 4 aliphatic carbocycles. The van der Waals surface area contributed by atoms with Gasteiger partial charge in [-0.15, -0.1) is 0 Å². The van der Waals surface area contributed by atoms with Gasteiger partial charge >= 0.3 is 0 Å².